The standard InChI is InChI=1S/C20H29N3O/c1-14-2-4-23(5-3-14)19(24)18(12-21)13-22-20-9-15-6-16(10-20)8-17(7-15)11-20/h13-17,22H,2-11H2,1H3/b18-13-. The number of likely N-dealkylation sites (tertiary alicyclic amines) is 1. The Morgan fingerprint density at radius 2 is 1.67 bits per heavy atom. The smallest absolute Gasteiger partial charge is 0.265 e. The van der Waals surface area contributed by atoms with Crippen LogP contribution < -0.4 is 5.32 Å². The number of carbonyl (C=O) groups excluding carboxylic acids is 1. The molecule has 130 valence electrons. The molecule has 4 aliphatic carbocycles. The predicted octanol–water partition coefficient (Wildman–Crippen LogP) is 3.21. The molecule has 0 atom stereocenters. The van der Waals surface area contributed by atoms with Gasteiger partial charge in [-0.1, -0.05) is 6.92 Å². The average Bonchev–Trinajstić information content (AvgIpc) is 2.54. The highest BCUT2D eigenvalue weighted by Gasteiger charge is 2.50. The first-order chi connectivity index (χ1) is 11.6. The lowest BCUT2D eigenvalue weighted by molar-refractivity contribution is -0.128. The van der Waals surface area contributed by atoms with E-state index in [0.29, 0.717) is 11.5 Å². The molecule has 4 saturated carbocycles. The van der Waals surface area contributed by atoms with Gasteiger partial charge in [0.1, 0.15) is 11.6 Å². The molecular formula is C20H29N3O. The third-order valence-corrected chi connectivity index (χ3v) is 6.98. The maximum absolute atomic E-state index is 12.6. The molecule has 4 nitrogen and oxygen atoms in total. The Morgan fingerprint density at radius 3 is 2.17 bits per heavy atom. The number of nitriles is 1. The van der Waals surface area contributed by atoms with Gasteiger partial charge in [0.15, 0.2) is 0 Å². The van der Waals surface area contributed by atoms with Crippen LogP contribution in [0.3, 0.4) is 0 Å². The van der Waals surface area contributed by atoms with Crippen molar-refractivity contribution in [2.45, 2.75) is 63.8 Å². The van der Waals surface area contributed by atoms with Crippen molar-refractivity contribution in [1.82, 2.24) is 10.2 Å². The van der Waals surface area contributed by atoms with Crippen LogP contribution in [-0.4, -0.2) is 29.4 Å². The van der Waals surface area contributed by atoms with Crippen molar-refractivity contribution in [1.29, 1.82) is 5.26 Å². The second-order valence-electron chi connectivity index (χ2n) is 8.99. The summed E-state index contributed by atoms with van der Waals surface area (Å²) in [5.74, 6) is 3.20. The van der Waals surface area contributed by atoms with Crippen LogP contribution in [-0.2, 0) is 4.79 Å². The van der Waals surface area contributed by atoms with Crippen molar-refractivity contribution in [3.63, 3.8) is 0 Å². The number of nitrogens with zero attached hydrogens (tertiary/aromatic N) is 2. The molecule has 0 spiro atoms. The maximum Gasteiger partial charge on any atom is 0.265 e. The SMILES string of the molecule is CC1CCN(C(=O)/C(C#N)=C\NC23CC4CC(CC(C4)C2)C3)CC1. The highest BCUT2D eigenvalue weighted by Crippen LogP contribution is 2.55. The largest absolute Gasteiger partial charge is 0.384 e. The summed E-state index contributed by atoms with van der Waals surface area (Å²) in [5.41, 5.74) is 0.452. The van der Waals surface area contributed by atoms with E-state index in [1.807, 2.05) is 4.90 Å². The highest BCUT2D eigenvalue weighted by atomic mass is 16.2. The van der Waals surface area contributed by atoms with Crippen molar-refractivity contribution in [3.05, 3.63) is 11.8 Å². The van der Waals surface area contributed by atoms with Gasteiger partial charge >= 0.3 is 0 Å². The fourth-order valence-electron chi connectivity index (χ4n) is 6.04. The summed E-state index contributed by atoms with van der Waals surface area (Å²) in [6.07, 6.45) is 11.7. The molecule has 1 heterocycles. The molecule has 24 heavy (non-hydrogen) atoms. The van der Waals surface area contributed by atoms with Crippen molar-refractivity contribution < 1.29 is 4.79 Å². The summed E-state index contributed by atoms with van der Waals surface area (Å²) < 4.78 is 0. The number of hydrogen-bond donors (Lipinski definition) is 1. The van der Waals surface area contributed by atoms with Gasteiger partial charge in [0.05, 0.1) is 0 Å². The molecule has 5 fully saturated rings. The molecule has 0 radical (unpaired) electrons. The second-order valence-corrected chi connectivity index (χ2v) is 8.99. The molecule has 4 bridgehead atoms. The fraction of sp³-hybridized carbons (Fsp3) is 0.800. The van der Waals surface area contributed by atoms with Crippen LogP contribution >= 0.6 is 0 Å². The van der Waals surface area contributed by atoms with E-state index in [4.69, 9.17) is 0 Å². The normalized spacial score (nSPS) is 38.9. The van der Waals surface area contributed by atoms with E-state index in [9.17, 15) is 10.1 Å². The van der Waals surface area contributed by atoms with Crippen LogP contribution in [0.25, 0.3) is 0 Å². The molecule has 5 aliphatic rings. The molecule has 1 saturated heterocycles. The summed E-state index contributed by atoms with van der Waals surface area (Å²) in [7, 11) is 0. The minimum atomic E-state index is -0.0818. The van der Waals surface area contributed by atoms with E-state index in [1.165, 1.54) is 38.5 Å². The summed E-state index contributed by atoms with van der Waals surface area (Å²) in [6, 6.07) is 2.15. The average molecular weight is 327 g/mol. The van der Waals surface area contributed by atoms with Crippen LogP contribution in [0, 0.1) is 35.0 Å². The molecular weight excluding hydrogens is 298 g/mol. The van der Waals surface area contributed by atoms with Crippen LogP contribution in [0.1, 0.15) is 58.3 Å². The van der Waals surface area contributed by atoms with E-state index < -0.39 is 0 Å². The van der Waals surface area contributed by atoms with Gasteiger partial charge in [-0.3, -0.25) is 4.79 Å². The van der Waals surface area contributed by atoms with E-state index in [1.54, 1.807) is 6.20 Å². The minimum absolute atomic E-state index is 0.0818. The lowest BCUT2D eigenvalue weighted by Gasteiger charge is -2.57. The van der Waals surface area contributed by atoms with Gasteiger partial charge in [0.2, 0.25) is 0 Å². The van der Waals surface area contributed by atoms with Gasteiger partial charge in [-0.2, -0.15) is 5.26 Å². The Kier molecular flexibility index (Phi) is 4.06. The Morgan fingerprint density at radius 1 is 1.12 bits per heavy atom. The van der Waals surface area contributed by atoms with Crippen molar-refractivity contribution in [3.8, 4) is 6.07 Å². The molecule has 1 N–H and O–H groups in total. The Labute approximate surface area is 145 Å². The van der Waals surface area contributed by atoms with Crippen molar-refractivity contribution >= 4 is 5.91 Å². The first-order valence-electron chi connectivity index (χ1n) is 9.74. The van der Waals surface area contributed by atoms with E-state index in [-0.39, 0.29) is 11.4 Å². The molecule has 1 amide bonds. The van der Waals surface area contributed by atoms with Crippen LogP contribution in [0.15, 0.2) is 11.8 Å². The van der Waals surface area contributed by atoms with Crippen molar-refractivity contribution in [2.75, 3.05) is 13.1 Å². The second kappa shape index (κ2) is 6.10. The third-order valence-electron chi connectivity index (χ3n) is 6.98. The summed E-state index contributed by atoms with van der Waals surface area (Å²) in [4.78, 5) is 14.5. The number of carbonyl (C=O) groups is 1. The molecule has 0 unspecified atom stereocenters. The third kappa shape index (κ3) is 2.94. The zero-order valence-electron chi connectivity index (χ0n) is 14.8. The highest BCUT2D eigenvalue weighted by molar-refractivity contribution is 5.97. The quantitative estimate of drug-likeness (QED) is 0.640. The van der Waals surface area contributed by atoms with Gasteiger partial charge in [0.25, 0.3) is 5.91 Å². The number of hydrogen-bond acceptors (Lipinski definition) is 3. The van der Waals surface area contributed by atoms with E-state index in [2.05, 4.69) is 18.3 Å². The fourth-order valence-corrected chi connectivity index (χ4v) is 6.04. The predicted molar refractivity (Wildman–Crippen MR) is 92.7 cm³/mol. The van der Waals surface area contributed by atoms with Gasteiger partial charge < -0.3 is 10.2 Å². The molecule has 4 heteroatoms. The number of nitrogens with one attached hydrogen (secondary N) is 1. The first kappa shape index (κ1) is 16.0. The van der Waals surface area contributed by atoms with E-state index >= 15 is 0 Å². The van der Waals surface area contributed by atoms with Gasteiger partial charge in [-0.25, -0.2) is 0 Å². The Hall–Kier alpha value is -1.50. The summed E-state index contributed by atoms with van der Waals surface area (Å²) in [5, 5.41) is 13.1. The zero-order valence-corrected chi connectivity index (χ0v) is 14.8. The summed E-state index contributed by atoms with van der Waals surface area (Å²) >= 11 is 0. The minimum Gasteiger partial charge on any atom is -0.384 e. The molecule has 0 aromatic carbocycles. The van der Waals surface area contributed by atoms with Crippen LogP contribution in [0.4, 0.5) is 0 Å². The topological polar surface area (TPSA) is 56.1 Å². The lowest BCUT2D eigenvalue weighted by Crippen LogP contribution is -2.57. The van der Waals surface area contributed by atoms with Gasteiger partial charge in [0, 0.05) is 24.8 Å². The van der Waals surface area contributed by atoms with Crippen LogP contribution in [0.2, 0.25) is 0 Å². The number of piperidine rings is 1. The molecule has 0 aromatic rings. The number of rotatable bonds is 3. The molecule has 0 aromatic heterocycles. The monoisotopic (exact) mass is 327 g/mol. The van der Waals surface area contributed by atoms with Gasteiger partial charge in [-0.15, -0.1) is 0 Å². The maximum atomic E-state index is 12.6. The van der Waals surface area contributed by atoms with Crippen LogP contribution in [0.5, 0.6) is 0 Å². The first-order valence-corrected chi connectivity index (χ1v) is 9.74. The Bertz CT molecular complexity index is 545. The zero-order chi connectivity index (χ0) is 16.7. The summed E-state index contributed by atoms with van der Waals surface area (Å²) in [6.45, 7) is 3.81. The van der Waals surface area contributed by atoms with Gasteiger partial charge in [-0.05, 0) is 75.0 Å². The number of amides is 1. The van der Waals surface area contributed by atoms with E-state index in [0.717, 1.165) is 43.7 Å². The lowest BCUT2D eigenvalue weighted by atomic mass is 9.53. The molecule has 5 rings (SSSR count). The van der Waals surface area contributed by atoms with Crippen molar-refractivity contribution in [2.24, 2.45) is 23.7 Å². The molecule has 1 aliphatic heterocycles. The Balaban J connectivity index is 1.44.